The second-order valence-corrected chi connectivity index (χ2v) is 10.6. The molecule has 4 rings (SSSR count). The normalized spacial score (nSPS) is 18.5. The van der Waals surface area contributed by atoms with E-state index in [1.54, 1.807) is 0 Å². The molecular weight excluding hydrogens is 560 g/mol. The third-order valence-corrected chi connectivity index (χ3v) is 7.86. The summed E-state index contributed by atoms with van der Waals surface area (Å²) in [6.45, 7) is 1.38. The Balaban J connectivity index is 1.60. The van der Waals surface area contributed by atoms with Gasteiger partial charge < -0.3 is 9.64 Å². The first-order chi connectivity index (χ1) is 15.4. The summed E-state index contributed by atoms with van der Waals surface area (Å²) in [7, 11) is 1.35. The van der Waals surface area contributed by atoms with E-state index in [1.807, 2.05) is 17.2 Å². The number of aromatic nitrogens is 1. The van der Waals surface area contributed by atoms with Crippen LogP contribution in [0.3, 0.4) is 0 Å². The van der Waals surface area contributed by atoms with Gasteiger partial charge >= 0.3 is 5.97 Å². The fraction of sp³-hybridized carbons (Fsp3) is 0.458. The molecule has 1 atom stereocenters. The van der Waals surface area contributed by atoms with Crippen molar-refractivity contribution < 1.29 is 14.3 Å². The van der Waals surface area contributed by atoms with Gasteiger partial charge in [0.1, 0.15) is 0 Å². The number of hydrogen-bond donors (Lipinski definition) is 0. The first kappa shape index (κ1) is 23.7. The molecule has 2 aliphatic rings. The fourth-order valence-electron chi connectivity index (χ4n) is 4.98. The SMILES string of the molecule is COC(=O)CCC(=O)N1CCC([C@H]2c3ncc(Br)cc3CCc3cc(Cl)cc(Br)c32)CC1. The zero-order valence-electron chi connectivity index (χ0n) is 17.9. The predicted molar refractivity (Wildman–Crippen MR) is 131 cm³/mol. The molecule has 170 valence electrons. The number of nitrogens with zero attached hydrogens (tertiary/aromatic N) is 2. The molecule has 2 aromatic rings. The monoisotopic (exact) mass is 582 g/mol. The van der Waals surface area contributed by atoms with Gasteiger partial charge in [-0.05, 0) is 82.4 Å². The molecule has 1 fully saturated rings. The number of hydrogen-bond acceptors (Lipinski definition) is 4. The number of aryl methyl sites for hydroxylation is 2. The number of methoxy groups -OCH3 is 1. The number of fused-ring (bicyclic) bond motifs is 2. The highest BCUT2D eigenvalue weighted by molar-refractivity contribution is 9.10. The molecule has 0 bridgehead atoms. The summed E-state index contributed by atoms with van der Waals surface area (Å²) in [6, 6.07) is 6.24. The number of amides is 1. The van der Waals surface area contributed by atoms with Crippen molar-refractivity contribution >= 4 is 55.3 Å². The molecule has 0 spiro atoms. The molecule has 5 nitrogen and oxygen atoms in total. The number of likely N-dealkylation sites (tertiary alicyclic amines) is 1. The van der Waals surface area contributed by atoms with Crippen LogP contribution >= 0.6 is 43.5 Å². The van der Waals surface area contributed by atoms with Crippen LogP contribution in [-0.4, -0.2) is 42.0 Å². The number of ether oxygens (including phenoxy) is 1. The largest absolute Gasteiger partial charge is 0.469 e. The summed E-state index contributed by atoms with van der Waals surface area (Å²) in [4.78, 5) is 30.7. The van der Waals surface area contributed by atoms with Gasteiger partial charge in [0.05, 0.1) is 19.2 Å². The maximum absolute atomic E-state index is 12.6. The lowest BCUT2D eigenvalue weighted by Gasteiger charge is -2.37. The highest BCUT2D eigenvalue weighted by Gasteiger charge is 2.36. The van der Waals surface area contributed by atoms with Gasteiger partial charge in [-0.25, -0.2) is 0 Å². The molecule has 8 heteroatoms. The average Bonchev–Trinajstić information content (AvgIpc) is 2.94. The van der Waals surface area contributed by atoms with Crippen molar-refractivity contribution in [3.05, 3.63) is 60.7 Å². The number of carbonyl (C=O) groups is 2. The van der Waals surface area contributed by atoms with Crippen molar-refractivity contribution in [2.24, 2.45) is 5.92 Å². The maximum atomic E-state index is 12.6. The van der Waals surface area contributed by atoms with Gasteiger partial charge in [-0.1, -0.05) is 27.5 Å². The van der Waals surface area contributed by atoms with Gasteiger partial charge in [-0.15, -0.1) is 0 Å². The molecule has 1 saturated heterocycles. The second kappa shape index (κ2) is 10.2. The minimum atomic E-state index is -0.347. The predicted octanol–water partition coefficient (Wildman–Crippen LogP) is 5.68. The first-order valence-electron chi connectivity index (χ1n) is 10.8. The van der Waals surface area contributed by atoms with E-state index in [2.05, 4.69) is 48.7 Å². The summed E-state index contributed by atoms with van der Waals surface area (Å²) >= 11 is 13.8. The van der Waals surface area contributed by atoms with Crippen molar-refractivity contribution in [3.63, 3.8) is 0 Å². The van der Waals surface area contributed by atoms with Crippen LogP contribution in [-0.2, 0) is 27.2 Å². The molecule has 0 unspecified atom stereocenters. The third kappa shape index (κ3) is 5.05. The maximum Gasteiger partial charge on any atom is 0.306 e. The topological polar surface area (TPSA) is 59.5 Å². The van der Waals surface area contributed by atoms with E-state index < -0.39 is 0 Å². The average molecular weight is 585 g/mol. The van der Waals surface area contributed by atoms with Crippen LogP contribution in [0.5, 0.6) is 0 Å². The van der Waals surface area contributed by atoms with Crippen LogP contribution in [0.4, 0.5) is 0 Å². The molecule has 2 heterocycles. The molecule has 1 aromatic heterocycles. The Morgan fingerprint density at radius 2 is 1.84 bits per heavy atom. The van der Waals surface area contributed by atoms with Gasteiger partial charge in [0.2, 0.25) is 5.91 Å². The van der Waals surface area contributed by atoms with E-state index in [1.165, 1.54) is 23.8 Å². The molecular formula is C24H25Br2ClN2O3. The smallest absolute Gasteiger partial charge is 0.306 e. The molecule has 0 N–H and O–H groups in total. The molecule has 1 aliphatic heterocycles. The van der Waals surface area contributed by atoms with E-state index in [0.717, 1.165) is 45.3 Å². The van der Waals surface area contributed by atoms with Gasteiger partial charge in [-0.3, -0.25) is 14.6 Å². The van der Waals surface area contributed by atoms with Crippen molar-refractivity contribution in [2.45, 2.75) is 44.4 Å². The van der Waals surface area contributed by atoms with Crippen molar-refractivity contribution in [1.29, 1.82) is 0 Å². The summed E-state index contributed by atoms with van der Waals surface area (Å²) in [6.07, 6.45) is 5.83. The number of piperidine rings is 1. The van der Waals surface area contributed by atoms with Crippen LogP contribution in [0.15, 0.2) is 33.3 Å². The Morgan fingerprint density at radius 3 is 2.56 bits per heavy atom. The van der Waals surface area contributed by atoms with E-state index in [4.69, 9.17) is 16.6 Å². The van der Waals surface area contributed by atoms with Gasteiger partial charge in [-0.2, -0.15) is 0 Å². The zero-order valence-corrected chi connectivity index (χ0v) is 21.8. The Hall–Kier alpha value is -1.44. The Kier molecular flexibility index (Phi) is 7.58. The molecule has 32 heavy (non-hydrogen) atoms. The van der Waals surface area contributed by atoms with Gasteiger partial charge in [0.25, 0.3) is 0 Å². The number of benzene rings is 1. The van der Waals surface area contributed by atoms with Crippen LogP contribution in [0, 0.1) is 5.92 Å². The highest BCUT2D eigenvalue weighted by Crippen LogP contribution is 2.46. The number of carbonyl (C=O) groups excluding carboxylic acids is 2. The summed E-state index contributed by atoms with van der Waals surface area (Å²) < 4.78 is 6.67. The van der Waals surface area contributed by atoms with Crippen LogP contribution in [0.1, 0.15) is 54.0 Å². The fourth-order valence-corrected chi connectivity index (χ4v) is 6.48. The van der Waals surface area contributed by atoms with E-state index in [9.17, 15) is 9.59 Å². The number of esters is 1. The minimum absolute atomic E-state index is 0.0190. The van der Waals surface area contributed by atoms with E-state index in [-0.39, 0.29) is 30.6 Å². The zero-order chi connectivity index (χ0) is 22.8. The lowest BCUT2D eigenvalue weighted by Crippen LogP contribution is -2.40. The molecule has 1 amide bonds. The second-order valence-electron chi connectivity index (χ2n) is 8.43. The van der Waals surface area contributed by atoms with Crippen molar-refractivity contribution in [3.8, 4) is 0 Å². The number of rotatable bonds is 4. The summed E-state index contributed by atoms with van der Waals surface area (Å²) in [5.41, 5.74) is 4.93. The summed E-state index contributed by atoms with van der Waals surface area (Å²) in [5.74, 6) is 0.183. The van der Waals surface area contributed by atoms with Crippen molar-refractivity contribution in [1.82, 2.24) is 9.88 Å². The molecule has 0 saturated carbocycles. The Bertz CT molecular complexity index is 1040. The highest BCUT2D eigenvalue weighted by atomic mass is 79.9. The van der Waals surface area contributed by atoms with Gasteiger partial charge in [0, 0.05) is 45.6 Å². The van der Waals surface area contributed by atoms with Crippen molar-refractivity contribution in [2.75, 3.05) is 20.2 Å². The molecule has 1 aliphatic carbocycles. The minimum Gasteiger partial charge on any atom is -0.469 e. The Morgan fingerprint density at radius 1 is 1.12 bits per heavy atom. The van der Waals surface area contributed by atoms with Crippen LogP contribution < -0.4 is 0 Å². The third-order valence-electron chi connectivity index (χ3n) is 6.55. The Labute approximate surface area is 210 Å². The molecule has 1 aromatic carbocycles. The first-order valence-corrected chi connectivity index (χ1v) is 12.8. The standard InChI is InChI=1S/C24H25Br2ClN2O3/c1-32-21(31)5-4-20(30)29-8-6-14(7-9-29)23-22-15(11-18(27)12-19(22)26)2-3-16-10-17(25)13-28-24(16)23/h10-14,23H,2-9H2,1H3/t23-/m1/s1. The lowest BCUT2D eigenvalue weighted by atomic mass is 9.76. The van der Waals surface area contributed by atoms with E-state index >= 15 is 0 Å². The molecule has 0 radical (unpaired) electrons. The van der Waals surface area contributed by atoms with Crippen LogP contribution in [0.25, 0.3) is 0 Å². The quantitative estimate of drug-likeness (QED) is 0.434. The number of pyridine rings is 1. The van der Waals surface area contributed by atoms with Gasteiger partial charge in [0.15, 0.2) is 0 Å². The lowest BCUT2D eigenvalue weighted by molar-refractivity contribution is -0.144. The number of halogens is 3. The van der Waals surface area contributed by atoms with E-state index in [0.29, 0.717) is 19.0 Å². The summed E-state index contributed by atoms with van der Waals surface area (Å²) in [5, 5.41) is 0.737. The van der Waals surface area contributed by atoms with Crippen LogP contribution in [0.2, 0.25) is 5.02 Å².